The molecule has 3 atom stereocenters. The number of thioether (sulfide) groups is 1. The van der Waals surface area contributed by atoms with E-state index in [1.165, 1.54) is 5.56 Å². The predicted octanol–water partition coefficient (Wildman–Crippen LogP) is 5.31. The molecule has 1 saturated heterocycles. The molecule has 2 saturated carbocycles. The van der Waals surface area contributed by atoms with Gasteiger partial charge in [-0.1, -0.05) is 29.8 Å². The zero-order valence-electron chi connectivity index (χ0n) is 29.7. The number of rotatable bonds is 20. The topological polar surface area (TPSA) is 145 Å². The third-order valence-corrected chi connectivity index (χ3v) is 11.8. The van der Waals surface area contributed by atoms with Gasteiger partial charge in [-0.05, 0) is 110 Å². The van der Waals surface area contributed by atoms with Gasteiger partial charge in [0, 0.05) is 66.3 Å². The van der Waals surface area contributed by atoms with E-state index in [1.54, 1.807) is 16.7 Å². The van der Waals surface area contributed by atoms with Crippen LogP contribution < -0.4 is 10.1 Å². The summed E-state index contributed by atoms with van der Waals surface area (Å²) < 4.78 is 11.8. The van der Waals surface area contributed by atoms with E-state index in [9.17, 15) is 20.1 Å². The number of benzene rings is 2. The van der Waals surface area contributed by atoms with E-state index in [2.05, 4.69) is 40.6 Å². The van der Waals surface area contributed by atoms with Crippen LogP contribution in [0.15, 0.2) is 65.8 Å². The number of unbranched alkanes of at least 4 members (excludes halogenated alkanes) is 1. The quantitative estimate of drug-likeness (QED) is 0.0761. The second-order valence-corrected chi connectivity index (χ2v) is 16.0. The lowest BCUT2D eigenvalue weighted by Gasteiger charge is -2.31. The summed E-state index contributed by atoms with van der Waals surface area (Å²) in [5.41, 5.74) is 4.29. The van der Waals surface area contributed by atoms with Crippen molar-refractivity contribution in [2.75, 3.05) is 38.7 Å². The molecule has 0 radical (unpaired) electrons. The molecule has 1 aromatic heterocycles. The van der Waals surface area contributed by atoms with Crippen molar-refractivity contribution in [3.63, 3.8) is 0 Å². The summed E-state index contributed by atoms with van der Waals surface area (Å²) in [6.45, 7) is 2.37. The minimum Gasteiger partial charge on any atom is -0.490 e. The van der Waals surface area contributed by atoms with Crippen molar-refractivity contribution in [2.45, 2.75) is 99.2 Å². The number of aliphatic hydroxyl groups excluding tert-OH is 4. The van der Waals surface area contributed by atoms with Crippen molar-refractivity contribution in [1.29, 1.82) is 0 Å². The van der Waals surface area contributed by atoms with Gasteiger partial charge >= 0.3 is 0 Å². The highest BCUT2D eigenvalue weighted by Gasteiger charge is 2.46. The van der Waals surface area contributed by atoms with Crippen molar-refractivity contribution >= 4 is 29.3 Å². The van der Waals surface area contributed by atoms with E-state index in [4.69, 9.17) is 26.2 Å². The minimum absolute atomic E-state index is 0.177. The van der Waals surface area contributed by atoms with Crippen molar-refractivity contribution in [3.05, 3.63) is 77.1 Å². The summed E-state index contributed by atoms with van der Waals surface area (Å²) in [7, 11) is 0. The lowest BCUT2D eigenvalue weighted by Crippen LogP contribution is -2.44. The number of para-hydroxylation sites is 1. The third-order valence-electron chi connectivity index (χ3n) is 10.3. The molecule has 3 aromatic rings. The van der Waals surface area contributed by atoms with Crippen LogP contribution in [0.4, 0.5) is 0 Å². The molecule has 12 heteroatoms. The second-order valence-electron chi connectivity index (χ2n) is 14.4. The van der Waals surface area contributed by atoms with Crippen molar-refractivity contribution in [2.24, 2.45) is 5.92 Å². The maximum absolute atomic E-state index is 13.2. The van der Waals surface area contributed by atoms with Crippen molar-refractivity contribution in [1.82, 2.24) is 15.2 Å². The number of aliphatic hydroxyl groups is 4. The number of carbonyl (C=O) groups excluding carboxylic acids is 1. The molecule has 52 heavy (non-hydrogen) atoms. The SMILES string of the molecule is O=C(CC(O)C(O)C(O)CO)N(CCCCSc1ccc(Cl)c(CNC2(c3cnccc3-c3ccccc3OC3CC3)CC2)c1)CC1CCOCC1. The second kappa shape index (κ2) is 18.5. The van der Waals surface area contributed by atoms with Gasteiger partial charge in [0.05, 0.1) is 25.2 Å². The Balaban J connectivity index is 1.02. The number of ether oxygens (including phenoxy) is 2. The standard InChI is InChI=1S/C40H52ClN3O7S/c41-34-10-9-30(52-20-4-3-17-44(25-27-12-18-50-19-13-27)38(48)22-35(46)39(49)36(47)26-45)21-28(34)23-43-40(14-15-40)33-24-42-16-11-31(33)32-5-1-2-6-37(32)51-29-7-8-29/h1-2,5-6,9-11,16,21,24,27,29,35-36,39,43,45-47,49H,3-4,7-8,12-15,17-20,22-23,25-26H2. The monoisotopic (exact) mass is 753 g/mol. The van der Waals surface area contributed by atoms with E-state index < -0.39 is 24.9 Å². The van der Waals surface area contributed by atoms with E-state index in [1.807, 2.05) is 30.6 Å². The third kappa shape index (κ3) is 10.5. The highest BCUT2D eigenvalue weighted by molar-refractivity contribution is 7.99. The Bertz CT molecular complexity index is 1620. The molecule has 3 fully saturated rings. The Morgan fingerprint density at radius 3 is 2.58 bits per heavy atom. The fourth-order valence-corrected chi connectivity index (χ4v) is 7.98. The Morgan fingerprint density at radius 1 is 1.04 bits per heavy atom. The van der Waals surface area contributed by atoms with E-state index >= 15 is 0 Å². The summed E-state index contributed by atoms with van der Waals surface area (Å²) in [5.74, 6) is 1.83. The van der Waals surface area contributed by atoms with Crippen molar-refractivity contribution in [3.8, 4) is 16.9 Å². The Hall–Kier alpha value is -2.74. The first-order chi connectivity index (χ1) is 25.3. The van der Waals surface area contributed by atoms with Crippen LogP contribution in [0, 0.1) is 5.92 Å². The molecular weight excluding hydrogens is 702 g/mol. The Morgan fingerprint density at radius 2 is 1.83 bits per heavy atom. The zero-order valence-corrected chi connectivity index (χ0v) is 31.2. The Kier molecular flexibility index (Phi) is 13.9. The van der Waals surface area contributed by atoms with Crippen LogP contribution in [0.1, 0.15) is 68.9 Å². The van der Waals surface area contributed by atoms with E-state index in [0.29, 0.717) is 44.9 Å². The molecule has 2 aliphatic carbocycles. The van der Waals surface area contributed by atoms with Crippen LogP contribution >= 0.6 is 23.4 Å². The Labute approximate surface area is 315 Å². The van der Waals surface area contributed by atoms with Gasteiger partial charge in [0.15, 0.2) is 0 Å². The van der Waals surface area contributed by atoms with Gasteiger partial charge in [0.25, 0.3) is 0 Å². The maximum Gasteiger partial charge on any atom is 0.225 e. The smallest absolute Gasteiger partial charge is 0.225 e. The molecule has 10 nitrogen and oxygen atoms in total. The summed E-state index contributed by atoms with van der Waals surface area (Å²) in [5, 5.41) is 43.8. The normalized spacial score (nSPS) is 18.8. The first-order valence-corrected chi connectivity index (χ1v) is 20.0. The zero-order chi connectivity index (χ0) is 36.5. The number of amides is 1. The van der Waals surface area contributed by atoms with Gasteiger partial charge < -0.3 is 40.1 Å². The summed E-state index contributed by atoms with van der Waals surface area (Å²) >= 11 is 8.48. The molecule has 1 aliphatic heterocycles. The van der Waals surface area contributed by atoms with Crippen LogP contribution in [0.3, 0.4) is 0 Å². The molecule has 2 aromatic carbocycles. The van der Waals surface area contributed by atoms with Gasteiger partial charge in [-0.25, -0.2) is 0 Å². The number of hydrogen-bond donors (Lipinski definition) is 5. The van der Waals surface area contributed by atoms with E-state index in [0.717, 1.165) is 89.5 Å². The maximum atomic E-state index is 13.2. The average Bonchev–Trinajstić information content (AvgIpc) is 4.12. The summed E-state index contributed by atoms with van der Waals surface area (Å²) in [4.78, 5) is 20.6. The highest BCUT2D eigenvalue weighted by Crippen LogP contribution is 2.50. The molecule has 3 unspecified atom stereocenters. The van der Waals surface area contributed by atoms with Crippen LogP contribution in [-0.2, 0) is 21.6 Å². The highest BCUT2D eigenvalue weighted by atomic mass is 35.5. The first-order valence-electron chi connectivity index (χ1n) is 18.6. The number of halogens is 1. The largest absolute Gasteiger partial charge is 0.490 e. The van der Waals surface area contributed by atoms with Crippen LogP contribution in [-0.4, -0.2) is 99.3 Å². The van der Waals surface area contributed by atoms with Crippen molar-refractivity contribution < 1.29 is 34.7 Å². The number of nitrogens with one attached hydrogen (secondary N) is 1. The number of pyridine rings is 1. The summed E-state index contributed by atoms with van der Waals surface area (Å²) in [6, 6.07) is 16.5. The van der Waals surface area contributed by atoms with Gasteiger partial charge in [-0.2, -0.15) is 0 Å². The van der Waals surface area contributed by atoms with Crippen LogP contribution in [0.5, 0.6) is 5.75 Å². The molecule has 5 N–H and O–H groups in total. The van der Waals surface area contributed by atoms with Crippen LogP contribution in [0.25, 0.3) is 11.1 Å². The number of aromatic nitrogens is 1. The molecule has 2 heterocycles. The fraction of sp³-hybridized carbons (Fsp3) is 0.550. The number of hydrogen-bond acceptors (Lipinski definition) is 10. The molecule has 6 rings (SSSR count). The van der Waals surface area contributed by atoms with Crippen LogP contribution in [0.2, 0.25) is 5.02 Å². The molecule has 1 amide bonds. The molecule has 3 aliphatic rings. The minimum atomic E-state index is -1.59. The van der Waals surface area contributed by atoms with E-state index in [-0.39, 0.29) is 17.9 Å². The average molecular weight is 754 g/mol. The van der Waals surface area contributed by atoms with Gasteiger partial charge in [0.1, 0.15) is 18.0 Å². The molecule has 0 bridgehead atoms. The molecule has 0 spiro atoms. The fourth-order valence-electron chi connectivity index (χ4n) is 6.82. The van der Waals surface area contributed by atoms with Gasteiger partial charge in [-0.3, -0.25) is 9.78 Å². The molecular formula is C40H52ClN3O7S. The first kappa shape index (κ1) is 39.0. The van der Waals surface area contributed by atoms with Gasteiger partial charge in [0.2, 0.25) is 5.91 Å². The lowest BCUT2D eigenvalue weighted by atomic mass is 9.94. The number of carbonyl (C=O) groups is 1. The molecule has 282 valence electrons. The van der Waals surface area contributed by atoms with Gasteiger partial charge in [-0.15, -0.1) is 11.8 Å². The lowest BCUT2D eigenvalue weighted by molar-refractivity contribution is -0.139. The predicted molar refractivity (Wildman–Crippen MR) is 202 cm³/mol. The summed E-state index contributed by atoms with van der Waals surface area (Å²) in [6.07, 6.45) is 6.94. The number of nitrogens with zero attached hydrogens (tertiary/aromatic N) is 2.